The van der Waals surface area contributed by atoms with Gasteiger partial charge in [0.05, 0.1) is 6.10 Å². The van der Waals surface area contributed by atoms with Gasteiger partial charge >= 0.3 is 0 Å². The van der Waals surface area contributed by atoms with Gasteiger partial charge in [-0.2, -0.15) is 0 Å². The van der Waals surface area contributed by atoms with Gasteiger partial charge in [-0.05, 0) is 25.0 Å². The zero-order chi connectivity index (χ0) is 11.2. The molecule has 0 aromatic heterocycles. The standard InChI is InChI=1S/C13H20N2O/c1-16-13-9-12(10-13)15-8-7-14-11-5-3-2-4-6-11/h2-6,12-15H,7-10H2,1H3. The molecule has 3 nitrogen and oxygen atoms in total. The van der Waals surface area contributed by atoms with Crippen molar-refractivity contribution in [2.24, 2.45) is 0 Å². The SMILES string of the molecule is COC1CC(NCCNc2ccccc2)C1. The van der Waals surface area contributed by atoms with Crippen LogP contribution >= 0.6 is 0 Å². The summed E-state index contributed by atoms with van der Waals surface area (Å²) in [5.41, 5.74) is 1.19. The molecule has 3 heteroatoms. The Morgan fingerprint density at radius 3 is 2.62 bits per heavy atom. The minimum Gasteiger partial charge on any atom is -0.384 e. The van der Waals surface area contributed by atoms with Gasteiger partial charge in [0, 0.05) is 31.9 Å². The number of ether oxygens (including phenoxy) is 1. The van der Waals surface area contributed by atoms with Crippen LogP contribution in [0.1, 0.15) is 12.8 Å². The number of hydrogen-bond donors (Lipinski definition) is 2. The molecule has 0 atom stereocenters. The molecular formula is C13H20N2O. The summed E-state index contributed by atoms with van der Waals surface area (Å²) in [5, 5.41) is 6.89. The third-order valence-corrected chi connectivity index (χ3v) is 3.09. The highest BCUT2D eigenvalue weighted by molar-refractivity contribution is 5.42. The highest BCUT2D eigenvalue weighted by Gasteiger charge is 2.27. The molecule has 1 fully saturated rings. The largest absolute Gasteiger partial charge is 0.384 e. The molecule has 0 radical (unpaired) electrons. The fraction of sp³-hybridized carbons (Fsp3) is 0.538. The van der Waals surface area contributed by atoms with Gasteiger partial charge in [0.15, 0.2) is 0 Å². The summed E-state index contributed by atoms with van der Waals surface area (Å²) in [5.74, 6) is 0. The van der Waals surface area contributed by atoms with Crippen LogP contribution in [0.3, 0.4) is 0 Å². The van der Waals surface area contributed by atoms with Gasteiger partial charge in [-0.15, -0.1) is 0 Å². The molecule has 2 rings (SSSR count). The van der Waals surface area contributed by atoms with E-state index in [0.717, 1.165) is 25.9 Å². The molecule has 1 aromatic carbocycles. The molecule has 0 heterocycles. The smallest absolute Gasteiger partial charge is 0.0601 e. The Morgan fingerprint density at radius 2 is 1.94 bits per heavy atom. The first-order valence-corrected chi connectivity index (χ1v) is 5.93. The lowest BCUT2D eigenvalue weighted by atomic mass is 9.89. The van der Waals surface area contributed by atoms with E-state index in [2.05, 4.69) is 22.8 Å². The van der Waals surface area contributed by atoms with Crippen LogP contribution in [0.25, 0.3) is 0 Å². The predicted molar refractivity (Wildman–Crippen MR) is 66.8 cm³/mol. The molecule has 0 saturated heterocycles. The van der Waals surface area contributed by atoms with Gasteiger partial charge in [-0.1, -0.05) is 18.2 Å². The summed E-state index contributed by atoms with van der Waals surface area (Å²) in [7, 11) is 1.79. The Bertz CT molecular complexity index is 296. The van der Waals surface area contributed by atoms with E-state index in [4.69, 9.17) is 4.74 Å². The first kappa shape index (κ1) is 11.4. The topological polar surface area (TPSA) is 33.3 Å². The van der Waals surface area contributed by atoms with Crippen molar-refractivity contribution >= 4 is 5.69 Å². The maximum Gasteiger partial charge on any atom is 0.0601 e. The zero-order valence-electron chi connectivity index (χ0n) is 9.78. The second kappa shape index (κ2) is 5.87. The molecule has 0 amide bonds. The Balaban J connectivity index is 1.53. The molecule has 1 aliphatic rings. The zero-order valence-corrected chi connectivity index (χ0v) is 9.78. The van der Waals surface area contributed by atoms with E-state index in [0.29, 0.717) is 12.1 Å². The van der Waals surface area contributed by atoms with Crippen LogP contribution in [-0.2, 0) is 4.74 Å². The van der Waals surface area contributed by atoms with Crippen molar-refractivity contribution in [3.05, 3.63) is 30.3 Å². The molecule has 88 valence electrons. The van der Waals surface area contributed by atoms with E-state index in [1.165, 1.54) is 5.69 Å². The van der Waals surface area contributed by atoms with E-state index in [-0.39, 0.29) is 0 Å². The maximum absolute atomic E-state index is 5.24. The number of nitrogens with one attached hydrogen (secondary N) is 2. The minimum absolute atomic E-state index is 0.486. The lowest BCUT2D eigenvalue weighted by molar-refractivity contribution is 0.0179. The van der Waals surface area contributed by atoms with E-state index in [1.807, 2.05) is 18.2 Å². The van der Waals surface area contributed by atoms with Gasteiger partial charge in [-0.25, -0.2) is 0 Å². The van der Waals surface area contributed by atoms with E-state index >= 15 is 0 Å². The lowest BCUT2D eigenvalue weighted by Crippen LogP contribution is -2.46. The number of benzene rings is 1. The molecule has 0 spiro atoms. The fourth-order valence-corrected chi connectivity index (χ4v) is 1.96. The highest BCUT2D eigenvalue weighted by atomic mass is 16.5. The van der Waals surface area contributed by atoms with Crippen LogP contribution in [0.4, 0.5) is 5.69 Å². The highest BCUT2D eigenvalue weighted by Crippen LogP contribution is 2.21. The Labute approximate surface area is 97.2 Å². The van der Waals surface area contributed by atoms with Crippen molar-refractivity contribution in [2.45, 2.75) is 25.0 Å². The predicted octanol–water partition coefficient (Wildman–Crippen LogP) is 1.87. The minimum atomic E-state index is 0.486. The third-order valence-electron chi connectivity index (χ3n) is 3.09. The Kier molecular flexibility index (Phi) is 4.19. The summed E-state index contributed by atoms with van der Waals surface area (Å²) >= 11 is 0. The monoisotopic (exact) mass is 220 g/mol. The summed E-state index contributed by atoms with van der Waals surface area (Å²) < 4.78 is 5.24. The summed E-state index contributed by atoms with van der Waals surface area (Å²) in [4.78, 5) is 0. The quantitative estimate of drug-likeness (QED) is 0.718. The summed E-state index contributed by atoms with van der Waals surface area (Å²) in [6, 6.07) is 11.0. The summed E-state index contributed by atoms with van der Waals surface area (Å²) in [6.07, 6.45) is 2.79. The van der Waals surface area contributed by atoms with Crippen LogP contribution in [-0.4, -0.2) is 32.3 Å². The Hall–Kier alpha value is -1.06. The second-order valence-electron chi connectivity index (χ2n) is 4.27. The van der Waals surface area contributed by atoms with Crippen molar-refractivity contribution in [2.75, 3.05) is 25.5 Å². The molecule has 0 aliphatic heterocycles. The van der Waals surface area contributed by atoms with E-state index < -0.39 is 0 Å². The molecule has 1 aliphatic carbocycles. The van der Waals surface area contributed by atoms with Crippen LogP contribution in [0.2, 0.25) is 0 Å². The first-order chi connectivity index (χ1) is 7.88. The number of hydrogen-bond acceptors (Lipinski definition) is 3. The van der Waals surface area contributed by atoms with Crippen molar-refractivity contribution in [1.82, 2.24) is 5.32 Å². The molecule has 1 saturated carbocycles. The van der Waals surface area contributed by atoms with Gasteiger partial charge in [0.2, 0.25) is 0 Å². The molecular weight excluding hydrogens is 200 g/mol. The van der Waals surface area contributed by atoms with Gasteiger partial charge in [0.25, 0.3) is 0 Å². The van der Waals surface area contributed by atoms with Crippen molar-refractivity contribution in [3.63, 3.8) is 0 Å². The molecule has 0 bridgehead atoms. The Morgan fingerprint density at radius 1 is 1.19 bits per heavy atom. The van der Waals surface area contributed by atoms with Crippen molar-refractivity contribution in [3.8, 4) is 0 Å². The number of methoxy groups -OCH3 is 1. The van der Waals surface area contributed by atoms with Crippen molar-refractivity contribution < 1.29 is 4.74 Å². The van der Waals surface area contributed by atoms with Crippen molar-refractivity contribution in [1.29, 1.82) is 0 Å². The average molecular weight is 220 g/mol. The number of para-hydroxylation sites is 1. The van der Waals surface area contributed by atoms with Crippen LogP contribution in [0.15, 0.2) is 30.3 Å². The van der Waals surface area contributed by atoms with E-state index in [1.54, 1.807) is 7.11 Å². The van der Waals surface area contributed by atoms with Crippen LogP contribution < -0.4 is 10.6 Å². The fourth-order valence-electron chi connectivity index (χ4n) is 1.96. The van der Waals surface area contributed by atoms with Gasteiger partial charge in [-0.3, -0.25) is 0 Å². The lowest BCUT2D eigenvalue weighted by Gasteiger charge is -2.34. The third kappa shape index (κ3) is 3.22. The molecule has 2 N–H and O–H groups in total. The van der Waals surface area contributed by atoms with Gasteiger partial charge in [0.1, 0.15) is 0 Å². The average Bonchev–Trinajstić information content (AvgIpc) is 2.28. The molecule has 16 heavy (non-hydrogen) atoms. The van der Waals surface area contributed by atoms with E-state index in [9.17, 15) is 0 Å². The number of rotatable bonds is 6. The second-order valence-corrected chi connectivity index (χ2v) is 4.27. The van der Waals surface area contributed by atoms with Gasteiger partial charge < -0.3 is 15.4 Å². The molecule has 0 unspecified atom stereocenters. The summed E-state index contributed by atoms with van der Waals surface area (Å²) in [6.45, 7) is 1.98. The maximum atomic E-state index is 5.24. The number of anilines is 1. The molecule has 1 aromatic rings. The van der Waals surface area contributed by atoms with Crippen LogP contribution in [0, 0.1) is 0 Å². The normalized spacial score (nSPS) is 23.8. The van der Waals surface area contributed by atoms with Crippen LogP contribution in [0.5, 0.6) is 0 Å². The first-order valence-electron chi connectivity index (χ1n) is 5.93.